The van der Waals surface area contributed by atoms with Gasteiger partial charge in [0.1, 0.15) is 12.2 Å². The molecule has 2 heterocycles. The number of nitrogens with zero attached hydrogens (tertiary/aromatic N) is 2. The lowest BCUT2D eigenvalue weighted by molar-refractivity contribution is -0.286. The predicted molar refractivity (Wildman–Crippen MR) is 153 cm³/mol. The van der Waals surface area contributed by atoms with E-state index in [2.05, 4.69) is 20.9 Å². The van der Waals surface area contributed by atoms with Crippen molar-refractivity contribution in [1.29, 1.82) is 5.26 Å². The maximum Gasteiger partial charge on any atom is 0.586 e. The van der Waals surface area contributed by atoms with Gasteiger partial charge in [0, 0.05) is 28.6 Å². The van der Waals surface area contributed by atoms with E-state index < -0.39 is 48.5 Å². The summed E-state index contributed by atoms with van der Waals surface area (Å²) >= 11 is 0. The van der Waals surface area contributed by atoms with E-state index in [0.717, 1.165) is 5.69 Å². The summed E-state index contributed by atoms with van der Waals surface area (Å²) in [5, 5.41) is 52.1. The van der Waals surface area contributed by atoms with E-state index >= 15 is 0 Å². The Hall–Kier alpha value is -3.80. The van der Waals surface area contributed by atoms with Crippen molar-refractivity contribution in [1.82, 2.24) is 4.57 Å². The Morgan fingerprint density at radius 3 is 2.48 bits per heavy atom. The number of aliphatic hydroxyl groups is 4. The minimum atomic E-state index is -3.77. The van der Waals surface area contributed by atoms with Crippen LogP contribution in [0.25, 0.3) is 10.9 Å². The van der Waals surface area contributed by atoms with Gasteiger partial charge in [0.05, 0.1) is 49.1 Å². The first-order valence-corrected chi connectivity index (χ1v) is 14.3. The van der Waals surface area contributed by atoms with Crippen LogP contribution in [0.4, 0.5) is 14.5 Å². The van der Waals surface area contributed by atoms with Crippen LogP contribution < -0.4 is 14.8 Å². The number of ether oxygens (including phenoxy) is 3. The van der Waals surface area contributed by atoms with Gasteiger partial charge in [0.2, 0.25) is 5.91 Å². The molecule has 3 aromatic rings. The number of benzene rings is 2. The lowest BCUT2D eigenvalue weighted by Gasteiger charge is -2.28. The number of hydrogen-bond donors (Lipinski definition) is 5. The molecular weight excluding hydrogens is 580 g/mol. The first kappa shape index (κ1) is 31.6. The molecule has 0 spiro atoms. The van der Waals surface area contributed by atoms with Crippen LogP contribution in [0.2, 0.25) is 0 Å². The van der Waals surface area contributed by atoms with Crippen molar-refractivity contribution < 1.29 is 48.2 Å². The molecule has 1 fully saturated rings. The largest absolute Gasteiger partial charge is 0.586 e. The molecule has 1 amide bonds. The molecule has 0 saturated heterocycles. The second-order valence-electron chi connectivity index (χ2n) is 12.0. The third-order valence-corrected chi connectivity index (χ3v) is 8.24. The Morgan fingerprint density at radius 2 is 1.82 bits per heavy atom. The highest BCUT2D eigenvalue weighted by Gasteiger charge is 2.53. The summed E-state index contributed by atoms with van der Waals surface area (Å²) < 4.78 is 43.5. The number of carbonyl (C=O) groups excluding carboxylic acids is 1. The highest BCUT2D eigenvalue weighted by atomic mass is 19.3. The number of aromatic nitrogens is 1. The molecule has 1 aromatic heterocycles. The zero-order chi connectivity index (χ0) is 31.9. The van der Waals surface area contributed by atoms with E-state index in [-0.39, 0.29) is 42.5 Å². The summed E-state index contributed by atoms with van der Waals surface area (Å²) in [6.07, 6.45) is -4.36. The van der Waals surface area contributed by atoms with Gasteiger partial charge in [-0.25, -0.2) is 0 Å². The molecule has 44 heavy (non-hydrogen) atoms. The lowest BCUT2D eigenvalue weighted by Crippen LogP contribution is -2.28. The smallest absolute Gasteiger partial charge is 0.395 e. The number of alkyl halides is 2. The number of halogens is 2. The van der Waals surface area contributed by atoms with E-state index in [4.69, 9.17) is 9.84 Å². The van der Waals surface area contributed by atoms with E-state index in [1.807, 2.05) is 24.5 Å². The van der Waals surface area contributed by atoms with Gasteiger partial charge in [-0.15, -0.1) is 8.78 Å². The number of fused-ring (bicyclic) bond motifs is 2. The Bertz CT molecular complexity index is 1590. The van der Waals surface area contributed by atoms with Gasteiger partial charge < -0.3 is 44.5 Å². The average molecular weight is 616 g/mol. The maximum absolute atomic E-state index is 13.6. The normalized spacial score (nSPS) is 17.7. The SMILES string of the molecule is CC(C)(CCOC[C@@H](O)CO)c1cc2cc(NC(=O)C3(c4ccc5c(c4)OC(F)(F)O5)CC3)c(C#N)cc2n1C[C@@H](O)CO. The second kappa shape index (κ2) is 11.9. The quantitative estimate of drug-likeness (QED) is 0.182. The van der Waals surface area contributed by atoms with Crippen LogP contribution in [0.15, 0.2) is 36.4 Å². The van der Waals surface area contributed by atoms with E-state index in [0.29, 0.717) is 35.7 Å². The third kappa shape index (κ3) is 6.22. The van der Waals surface area contributed by atoms with Gasteiger partial charge in [-0.2, -0.15) is 5.26 Å². The first-order valence-electron chi connectivity index (χ1n) is 14.3. The number of carbonyl (C=O) groups is 1. The predicted octanol–water partition coefficient (Wildman–Crippen LogP) is 2.90. The van der Waals surface area contributed by atoms with Crippen LogP contribution in [-0.2, 0) is 26.9 Å². The van der Waals surface area contributed by atoms with Crippen molar-refractivity contribution >= 4 is 22.5 Å². The standard InChI is InChI=1S/C31H35F2N3O8/c1-29(2,7-8-42-17-22(40)16-38)27-11-18-9-23(19(13-34)10-24(18)36(27)14-21(39)15-37)35-28(41)30(5-6-30)20-3-4-25-26(12-20)44-31(32,33)43-25/h3-4,9-12,21-22,37-40H,5-8,14-17H2,1-2H3,(H,35,41)/t21-,22+/m1/s1. The summed E-state index contributed by atoms with van der Waals surface area (Å²) in [6.45, 7) is 3.37. The molecule has 0 unspecified atom stereocenters. The second-order valence-corrected chi connectivity index (χ2v) is 12.0. The number of rotatable bonds is 13. The third-order valence-electron chi connectivity index (χ3n) is 8.24. The Balaban J connectivity index is 1.44. The van der Waals surface area contributed by atoms with Crippen molar-refractivity contribution in [3.8, 4) is 17.6 Å². The monoisotopic (exact) mass is 615 g/mol. The Kier molecular flexibility index (Phi) is 8.58. The summed E-state index contributed by atoms with van der Waals surface area (Å²) in [5.74, 6) is -0.657. The number of aliphatic hydroxyl groups excluding tert-OH is 4. The molecule has 13 heteroatoms. The van der Waals surface area contributed by atoms with Gasteiger partial charge in [0.25, 0.3) is 0 Å². The molecule has 5 rings (SSSR count). The van der Waals surface area contributed by atoms with Crippen LogP contribution in [0.3, 0.4) is 0 Å². The summed E-state index contributed by atoms with van der Waals surface area (Å²) in [5.41, 5.74) is 0.842. The lowest BCUT2D eigenvalue weighted by atomic mass is 9.85. The molecule has 0 radical (unpaired) electrons. The molecule has 0 bridgehead atoms. The van der Waals surface area contributed by atoms with E-state index in [1.165, 1.54) is 12.1 Å². The number of nitriles is 1. The summed E-state index contributed by atoms with van der Waals surface area (Å²) in [4.78, 5) is 13.6. The number of hydrogen-bond acceptors (Lipinski definition) is 9. The van der Waals surface area contributed by atoms with Gasteiger partial charge in [-0.1, -0.05) is 19.9 Å². The fourth-order valence-electron chi connectivity index (χ4n) is 5.52. The van der Waals surface area contributed by atoms with Gasteiger partial charge in [-0.05, 0) is 55.2 Å². The maximum atomic E-state index is 13.6. The van der Waals surface area contributed by atoms with Crippen molar-refractivity contribution in [3.05, 3.63) is 53.2 Å². The van der Waals surface area contributed by atoms with Crippen molar-refractivity contribution in [2.75, 3.05) is 31.7 Å². The Morgan fingerprint density at radius 1 is 1.11 bits per heavy atom. The van der Waals surface area contributed by atoms with Crippen LogP contribution in [-0.4, -0.2) is 75.8 Å². The molecule has 2 aliphatic rings. The van der Waals surface area contributed by atoms with Crippen molar-refractivity contribution in [3.63, 3.8) is 0 Å². The van der Waals surface area contributed by atoms with Gasteiger partial charge in [-0.3, -0.25) is 4.79 Å². The molecular formula is C31H35F2N3O8. The summed E-state index contributed by atoms with van der Waals surface area (Å²) in [6, 6.07) is 11.6. The molecule has 11 nitrogen and oxygen atoms in total. The van der Waals surface area contributed by atoms with Crippen LogP contribution >= 0.6 is 0 Å². The Labute approximate surface area is 252 Å². The molecule has 2 aromatic carbocycles. The molecule has 1 aliphatic carbocycles. The highest BCUT2D eigenvalue weighted by Crippen LogP contribution is 2.52. The number of anilines is 1. The van der Waals surface area contributed by atoms with E-state index in [1.54, 1.807) is 18.2 Å². The van der Waals surface area contributed by atoms with Crippen molar-refractivity contribution in [2.24, 2.45) is 0 Å². The average Bonchev–Trinajstić information content (AvgIpc) is 3.64. The van der Waals surface area contributed by atoms with E-state index in [9.17, 15) is 34.2 Å². The molecule has 236 valence electrons. The fourth-order valence-corrected chi connectivity index (χ4v) is 5.52. The number of amides is 1. The zero-order valence-corrected chi connectivity index (χ0v) is 24.3. The van der Waals surface area contributed by atoms with Crippen LogP contribution in [0.1, 0.15) is 49.9 Å². The molecule has 5 N–H and O–H groups in total. The van der Waals surface area contributed by atoms with Crippen LogP contribution in [0, 0.1) is 11.3 Å². The summed E-state index contributed by atoms with van der Waals surface area (Å²) in [7, 11) is 0. The minimum absolute atomic E-state index is 0.0202. The molecule has 2 atom stereocenters. The first-order chi connectivity index (χ1) is 20.8. The number of nitrogens with one attached hydrogen (secondary N) is 1. The van der Waals surface area contributed by atoms with Crippen molar-refractivity contribution in [2.45, 2.75) is 69.0 Å². The molecule has 1 aliphatic heterocycles. The molecule has 1 saturated carbocycles. The highest BCUT2D eigenvalue weighted by molar-refractivity contribution is 6.04. The topological polar surface area (TPSA) is 166 Å². The fraction of sp³-hybridized carbons (Fsp3) is 0.484. The zero-order valence-electron chi connectivity index (χ0n) is 24.3. The van der Waals surface area contributed by atoms with Gasteiger partial charge in [0.15, 0.2) is 11.5 Å². The van der Waals surface area contributed by atoms with Crippen LogP contribution in [0.5, 0.6) is 11.5 Å². The minimum Gasteiger partial charge on any atom is -0.395 e. The van der Waals surface area contributed by atoms with Gasteiger partial charge >= 0.3 is 6.29 Å².